The fraction of sp³-hybridized carbons (Fsp3) is 0.737. The molecular weight excluding hydrogens is 332 g/mol. The van der Waals surface area contributed by atoms with E-state index in [0.29, 0.717) is 26.1 Å². The highest BCUT2D eigenvalue weighted by molar-refractivity contribution is 5.78. The number of hydrogen-bond donors (Lipinski definition) is 0. The molecule has 1 spiro atoms. The van der Waals surface area contributed by atoms with Crippen LogP contribution in [0, 0.1) is 19.8 Å². The number of nitrogens with zero attached hydrogens (tertiary/aromatic N) is 4. The van der Waals surface area contributed by atoms with Crippen LogP contribution in [-0.2, 0) is 20.9 Å². The molecule has 0 N–H and O–H groups in total. The van der Waals surface area contributed by atoms with Gasteiger partial charge in [0.2, 0.25) is 11.8 Å². The molecule has 1 atom stereocenters. The van der Waals surface area contributed by atoms with Gasteiger partial charge in [0.1, 0.15) is 12.1 Å². The van der Waals surface area contributed by atoms with Crippen LogP contribution in [0.4, 0.5) is 0 Å². The van der Waals surface area contributed by atoms with Crippen molar-refractivity contribution in [1.29, 1.82) is 0 Å². The molecule has 0 radical (unpaired) electrons. The first kappa shape index (κ1) is 17.5. The van der Waals surface area contributed by atoms with E-state index in [0.717, 1.165) is 43.7 Å². The van der Waals surface area contributed by atoms with Crippen molar-refractivity contribution in [2.75, 3.05) is 32.8 Å². The molecule has 1 aromatic rings. The third-order valence-electron chi connectivity index (χ3n) is 5.91. The topological polar surface area (TPSA) is 67.7 Å². The van der Waals surface area contributed by atoms with Gasteiger partial charge in [-0.15, -0.1) is 0 Å². The second-order valence-corrected chi connectivity index (χ2v) is 8.19. The summed E-state index contributed by atoms with van der Waals surface area (Å²) in [6.45, 7) is 7.92. The van der Waals surface area contributed by atoms with Gasteiger partial charge >= 0.3 is 0 Å². The Morgan fingerprint density at radius 2 is 1.92 bits per heavy atom. The highest BCUT2D eigenvalue weighted by atomic mass is 16.5. The van der Waals surface area contributed by atoms with E-state index in [1.807, 2.05) is 29.7 Å². The van der Waals surface area contributed by atoms with Crippen molar-refractivity contribution in [2.45, 2.75) is 51.7 Å². The molecule has 3 fully saturated rings. The maximum absolute atomic E-state index is 12.5. The molecule has 3 saturated heterocycles. The Hall–Kier alpha value is -1.89. The van der Waals surface area contributed by atoms with E-state index >= 15 is 0 Å². The molecule has 4 heterocycles. The average Bonchev–Trinajstić information content (AvgIpc) is 3.27. The molecule has 0 saturated carbocycles. The molecule has 4 rings (SSSR count). The van der Waals surface area contributed by atoms with Gasteiger partial charge in [-0.1, -0.05) is 0 Å². The van der Waals surface area contributed by atoms with E-state index in [2.05, 4.69) is 5.10 Å². The predicted octanol–water partition coefficient (Wildman–Crippen LogP) is 1.13. The Kier molecular flexibility index (Phi) is 4.50. The smallest absolute Gasteiger partial charge is 0.244 e. The monoisotopic (exact) mass is 360 g/mol. The summed E-state index contributed by atoms with van der Waals surface area (Å²) in [5.41, 5.74) is 1.71. The minimum Gasteiger partial charge on any atom is -0.371 e. The number of rotatable bonds is 4. The maximum Gasteiger partial charge on any atom is 0.244 e. The molecule has 1 aromatic heterocycles. The molecule has 142 valence electrons. The Bertz CT molecular complexity index is 702. The van der Waals surface area contributed by atoms with Gasteiger partial charge in [-0.05, 0) is 45.1 Å². The summed E-state index contributed by atoms with van der Waals surface area (Å²) < 4.78 is 7.78. The molecule has 7 nitrogen and oxygen atoms in total. The summed E-state index contributed by atoms with van der Waals surface area (Å²) in [5, 5.41) is 4.36. The number of aryl methyl sites for hydroxylation is 2. The van der Waals surface area contributed by atoms with E-state index in [9.17, 15) is 9.59 Å². The van der Waals surface area contributed by atoms with Gasteiger partial charge in [0.15, 0.2) is 0 Å². The molecule has 0 bridgehead atoms. The Morgan fingerprint density at radius 1 is 1.19 bits per heavy atom. The lowest BCUT2D eigenvalue weighted by Crippen LogP contribution is -2.63. The molecule has 1 unspecified atom stereocenters. The van der Waals surface area contributed by atoms with Gasteiger partial charge in [0, 0.05) is 25.2 Å². The molecule has 2 amide bonds. The summed E-state index contributed by atoms with van der Waals surface area (Å²) in [6, 6.07) is 1.98. The van der Waals surface area contributed by atoms with Crippen LogP contribution in [0.1, 0.15) is 37.1 Å². The third kappa shape index (κ3) is 3.37. The molecule has 0 aromatic carbocycles. The van der Waals surface area contributed by atoms with Crippen LogP contribution >= 0.6 is 0 Å². The van der Waals surface area contributed by atoms with Gasteiger partial charge < -0.3 is 14.5 Å². The van der Waals surface area contributed by atoms with Crippen molar-refractivity contribution in [3.63, 3.8) is 0 Å². The van der Waals surface area contributed by atoms with Crippen LogP contribution in [-0.4, -0.2) is 69.8 Å². The quantitative estimate of drug-likeness (QED) is 0.807. The molecule has 3 aliphatic rings. The highest BCUT2D eigenvalue weighted by Crippen LogP contribution is 2.39. The third-order valence-corrected chi connectivity index (χ3v) is 5.91. The molecule has 26 heavy (non-hydrogen) atoms. The Morgan fingerprint density at radius 3 is 2.58 bits per heavy atom. The maximum atomic E-state index is 12.5. The zero-order chi connectivity index (χ0) is 18.3. The summed E-state index contributed by atoms with van der Waals surface area (Å²) >= 11 is 0. The summed E-state index contributed by atoms with van der Waals surface area (Å²) in [4.78, 5) is 28.6. The molecule has 7 heteroatoms. The number of aromatic nitrogens is 2. The zero-order valence-electron chi connectivity index (χ0n) is 15.7. The average molecular weight is 360 g/mol. The lowest BCUT2D eigenvalue weighted by Gasteiger charge is -2.47. The molecule has 0 aliphatic carbocycles. The van der Waals surface area contributed by atoms with Crippen LogP contribution < -0.4 is 0 Å². The van der Waals surface area contributed by atoms with Crippen LogP contribution in [0.25, 0.3) is 0 Å². The van der Waals surface area contributed by atoms with Crippen LogP contribution in [0.5, 0.6) is 0 Å². The van der Waals surface area contributed by atoms with E-state index in [1.54, 1.807) is 4.68 Å². The van der Waals surface area contributed by atoms with Crippen molar-refractivity contribution >= 4 is 11.8 Å². The van der Waals surface area contributed by atoms with Crippen molar-refractivity contribution in [1.82, 2.24) is 19.6 Å². The number of carbonyl (C=O) groups is 2. The SMILES string of the molecule is Cc1cc(C)n(CC(=O)N2CC3(CC(CC(=O)N4CCCC4)CO3)C2)n1. The minimum absolute atomic E-state index is 0.0852. The first-order valence-corrected chi connectivity index (χ1v) is 9.65. The van der Waals surface area contributed by atoms with E-state index in [-0.39, 0.29) is 29.9 Å². The molecular formula is C19H28N4O3. The lowest BCUT2D eigenvalue weighted by molar-refractivity contribution is -0.158. The number of ether oxygens (including phenoxy) is 1. The summed E-state index contributed by atoms with van der Waals surface area (Å²) in [7, 11) is 0. The van der Waals surface area contributed by atoms with Gasteiger partial charge in [-0.3, -0.25) is 14.3 Å². The number of likely N-dealkylation sites (tertiary alicyclic amines) is 2. The van der Waals surface area contributed by atoms with Crippen molar-refractivity contribution in [3.05, 3.63) is 17.5 Å². The van der Waals surface area contributed by atoms with Crippen molar-refractivity contribution in [2.24, 2.45) is 5.92 Å². The first-order valence-electron chi connectivity index (χ1n) is 9.65. The van der Waals surface area contributed by atoms with Crippen LogP contribution in [0.3, 0.4) is 0 Å². The van der Waals surface area contributed by atoms with Gasteiger partial charge in [-0.25, -0.2) is 0 Å². The molecule has 3 aliphatic heterocycles. The predicted molar refractivity (Wildman–Crippen MR) is 95.5 cm³/mol. The minimum atomic E-state index is -0.222. The van der Waals surface area contributed by atoms with E-state index in [4.69, 9.17) is 4.74 Å². The second kappa shape index (κ2) is 6.68. The number of carbonyl (C=O) groups excluding carboxylic acids is 2. The Labute approximate surface area is 154 Å². The largest absolute Gasteiger partial charge is 0.371 e. The number of amides is 2. The van der Waals surface area contributed by atoms with E-state index < -0.39 is 0 Å². The zero-order valence-corrected chi connectivity index (χ0v) is 15.7. The number of hydrogen-bond acceptors (Lipinski definition) is 4. The van der Waals surface area contributed by atoms with Crippen LogP contribution in [0.2, 0.25) is 0 Å². The van der Waals surface area contributed by atoms with Crippen LogP contribution in [0.15, 0.2) is 6.07 Å². The fourth-order valence-corrected chi connectivity index (χ4v) is 4.52. The van der Waals surface area contributed by atoms with Crippen molar-refractivity contribution in [3.8, 4) is 0 Å². The van der Waals surface area contributed by atoms with Crippen molar-refractivity contribution < 1.29 is 14.3 Å². The first-order chi connectivity index (χ1) is 12.4. The summed E-state index contributed by atoms with van der Waals surface area (Å²) in [6.07, 6.45) is 3.73. The summed E-state index contributed by atoms with van der Waals surface area (Å²) in [5.74, 6) is 0.642. The Balaban J connectivity index is 1.25. The highest BCUT2D eigenvalue weighted by Gasteiger charge is 2.51. The van der Waals surface area contributed by atoms with E-state index in [1.165, 1.54) is 0 Å². The standard InChI is InChI=1S/C19H28N4O3/c1-14-7-15(2)23(20-14)10-18(25)22-12-19(13-22)9-16(11-26-19)8-17(24)21-5-3-4-6-21/h7,16H,3-6,8-13H2,1-2H3. The normalized spacial score (nSPS) is 24.3. The second-order valence-electron chi connectivity index (χ2n) is 8.19. The lowest BCUT2D eigenvalue weighted by atomic mass is 9.85. The van der Waals surface area contributed by atoms with Gasteiger partial charge in [0.25, 0.3) is 0 Å². The fourth-order valence-electron chi connectivity index (χ4n) is 4.52. The van der Waals surface area contributed by atoms with Gasteiger partial charge in [-0.2, -0.15) is 5.10 Å². The van der Waals surface area contributed by atoms with Gasteiger partial charge in [0.05, 0.1) is 25.4 Å².